The second-order valence-corrected chi connectivity index (χ2v) is 9.03. The van der Waals surface area contributed by atoms with Crippen molar-refractivity contribution in [1.82, 2.24) is 20.0 Å². The molecule has 1 aromatic carbocycles. The van der Waals surface area contributed by atoms with E-state index in [2.05, 4.69) is 20.6 Å². The number of carbonyl (C=O) groups is 2. The van der Waals surface area contributed by atoms with Gasteiger partial charge in [-0.15, -0.1) is 0 Å². The van der Waals surface area contributed by atoms with Crippen LogP contribution in [0.2, 0.25) is 0 Å². The predicted octanol–water partition coefficient (Wildman–Crippen LogP) is 3.45. The highest BCUT2D eigenvalue weighted by atomic mass is 16.5. The molecule has 0 fully saturated rings. The number of aromatic nitrogens is 4. The Kier molecular flexibility index (Phi) is 5.28. The lowest BCUT2D eigenvalue weighted by molar-refractivity contribution is -0.126. The number of rotatable bonds is 3. The highest BCUT2D eigenvalue weighted by molar-refractivity contribution is 6.05. The third-order valence-electron chi connectivity index (χ3n) is 5.55. The summed E-state index contributed by atoms with van der Waals surface area (Å²) in [6, 6.07) is 7.01. The number of carbonyl (C=O) groups excluding carboxylic acids is 2. The first-order valence-electron chi connectivity index (χ1n) is 10.5. The Bertz CT molecular complexity index is 1200. The zero-order chi connectivity index (χ0) is 23.2. The van der Waals surface area contributed by atoms with Crippen LogP contribution in [0.1, 0.15) is 42.6 Å². The van der Waals surface area contributed by atoms with Gasteiger partial charge >= 0.3 is 0 Å². The monoisotopic (exact) mass is 436 g/mol. The first-order chi connectivity index (χ1) is 15.1. The van der Waals surface area contributed by atoms with E-state index in [0.717, 1.165) is 17.0 Å². The molecule has 0 spiro atoms. The van der Waals surface area contributed by atoms with Gasteiger partial charge in [-0.1, -0.05) is 20.8 Å². The summed E-state index contributed by atoms with van der Waals surface area (Å²) >= 11 is 0. The molecule has 0 bridgehead atoms. The van der Waals surface area contributed by atoms with Crippen LogP contribution < -0.4 is 15.0 Å². The van der Waals surface area contributed by atoms with Crippen molar-refractivity contribution < 1.29 is 14.3 Å². The maximum atomic E-state index is 12.9. The fraction of sp³-hybridized carbons (Fsp3) is 0.391. The summed E-state index contributed by atoms with van der Waals surface area (Å²) < 4.78 is 7.50. The molecule has 9 nitrogen and oxygen atoms in total. The number of aryl methyl sites for hydroxylation is 2. The second kappa shape index (κ2) is 7.81. The molecule has 0 saturated carbocycles. The van der Waals surface area contributed by atoms with Gasteiger partial charge in [0, 0.05) is 29.4 Å². The van der Waals surface area contributed by atoms with E-state index >= 15 is 0 Å². The van der Waals surface area contributed by atoms with Gasteiger partial charge in [0.2, 0.25) is 5.91 Å². The molecule has 4 rings (SSSR count). The number of hydrogen-bond donors (Lipinski definition) is 2. The lowest BCUT2D eigenvalue weighted by atomic mass is 9.94. The van der Waals surface area contributed by atoms with Crippen molar-refractivity contribution in [3.05, 3.63) is 41.3 Å². The standard InChI is InChI=1S/C23H28N6O3/c1-13-20(14(2)28(6)27-13)16-12-17(26-25-16)21(30)24-15-7-8-19-18(11-15)29(9-10-32-19)22(31)23(3,4)5/h7-8,11-12H,9-10H2,1-6H3,(H,24,30)(H,25,26). The van der Waals surface area contributed by atoms with Crippen molar-refractivity contribution in [2.24, 2.45) is 12.5 Å². The number of anilines is 2. The van der Waals surface area contributed by atoms with Crippen molar-refractivity contribution in [2.45, 2.75) is 34.6 Å². The van der Waals surface area contributed by atoms with E-state index in [1.807, 2.05) is 41.7 Å². The topological polar surface area (TPSA) is 105 Å². The van der Waals surface area contributed by atoms with Gasteiger partial charge in [0.05, 0.1) is 23.6 Å². The Morgan fingerprint density at radius 1 is 1.19 bits per heavy atom. The van der Waals surface area contributed by atoms with Crippen molar-refractivity contribution in [3.8, 4) is 17.0 Å². The van der Waals surface area contributed by atoms with E-state index in [9.17, 15) is 9.59 Å². The van der Waals surface area contributed by atoms with Crippen molar-refractivity contribution >= 4 is 23.2 Å². The molecule has 1 aliphatic heterocycles. The first-order valence-corrected chi connectivity index (χ1v) is 10.5. The summed E-state index contributed by atoms with van der Waals surface area (Å²) in [5.74, 6) is 0.303. The number of hydrogen-bond acceptors (Lipinski definition) is 5. The van der Waals surface area contributed by atoms with Crippen molar-refractivity contribution in [1.29, 1.82) is 0 Å². The molecule has 0 unspecified atom stereocenters. The van der Waals surface area contributed by atoms with Crippen LogP contribution in [0.3, 0.4) is 0 Å². The highest BCUT2D eigenvalue weighted by Crippen LogP contribution is 2.36. The molecule has 32 heavy (non-hydrogen) atoms. The van der Waals surface area contributed by atoms with Gasteiger partial charge < -0.3 is 15.0 Å². The fourth-order valence-electron chi connectivity index (χ4n) is 3.82. The minimum atomic E-state index is -0.525. The Labute approximate surface area is 186 Å². The predicted molar refractivity (Wildman–Crippen MR) is 122 cm³/mol. The minimum absolute atomic E-state index is 0.00551. The number of nitrogens with zero attached hydrogens (tertiary/aromatic N) is 4. The average molecular weight is 437 g/mol. The van der Waals surface area contributed by atoms with E-state index in [0.29, 0.717) is 41.7 Å². The Balaban J connectivity index is 1.57. The highest BCUT2D eigenvalue weighted by Gasteiger charge is 2.32. The van der Waals surface area contributed by atoms with Crippen LogP contribution in [-0.4, -0.2) is 44.9 Å². The van der Waals surface area contributed by atoms with E-state index in [1.54, 1.807) is 33.8 Å². The van der Waals surface area contributed by atoms with E-state index in [1.165, 1.54) is 0 Å². The largest absolute Gasteiger partial charge is 0.490 e. The van der Waals surface area contributed by atoms with Crippen LogP contribution in [0.15, 0.2) is 24.3 Å². The fourth-order valence-corrected chi connectivity index (χ4v) is 3.82. The zero-order valence-corrected chi connectivity index (χ0v) is 19.2. The van der Waals surface area contributed by atoms with Gasteiger partial charge in [0.25, 0.3) is 5.91 Å². The van der Waals surface area contributed by atoms with Crippen LogP contribution in [0.4, 0.5) is 11.4 Å². The number of nitrogens with one attached hydrogen (secondary N) is 2. The number of H-pyrrole nitrogens is 1. The molecular weight excluding hydrogens is 408 g/mol. The molecule has 0 aliphatic carbocycles. The molecule has 3 aromatic rings. The quantitative estimate of drug-likeness (QED) is 0.654. The second-order valence-electron chi connectivity index (χ2n) is 9.03. The summed E-state index contributed by atoms with van der Waals surface area (Å²) in [4.78, 5) is 27.5. The van der Waals surface area contributed by atoms with Crippen LogP contribution >= 0.6 is 0 Å². The third-order valence-corrected chi connectivity index (χ3v) is 5.55. The van der Waals surface area contributed by atoms with Gasteiger partial charge in [-0.05, 0) is 38.1 Å². The zero-order valence-electron chi connectivity index (χ0n) is 19.2. The number of fused-ring (bicyclic) bond motifs is 1. The molecule has 2 amide bonds. The van der Waals surface area contributed by atoms with Gasteiger partial charge in [-0.25, -0.2) is 0 Å². The maximum absolute atomic E-state index is 12.9. The minimum Gasteiger partial charge on any atom is -0.490 e. The van der Waals surface area contributed by atoms with Gasteiger partial charge in [0.15, 0.2) is 0 Å². The van der Waals surface area contributed by atoms with Crippen LogP contribution in [0, 0.1) is 19.3 Å². The number of amides is 2. The normalized spacial score (nSPS) is 13.5. The van der Waals surface area contributed by atoms with Crippen LogP contribution in [0.5, 0.6) is 5.75 Å². The number of benzene rings is 1. The SMILES string of the molecule is Cc1nn(C)c(C)c1-c1cc(C(=O)Nc2ccc3c(c2)N(C(=O)C(C)(C)C)CCO3)[nH]n1. The van der Waals surface area contributed by atoms with Gasteiger partial charge in [-0.3, -0.25) is 19.4 Å². The van der Waals surface area contributed by atoms with Crippen molar-refractivity contribution in [2.75, 3.05) is 23.4 Å². The summed E-state index contributed by atoms with van der Waals surface area (Å²) in [6.07, 6.45) is 0. The summed E-state index contributed by atoms with van der Waals surface area (Å²) in [7, 11) is 1.87. The van der Waals surface area contributed by atoms with Crippen LogP contribution in [-0.2, 0) is 11.8 Å². The lowest BCUT2D eigenvalue weighted by Gasteiger charge is -2.34. The molecule has 2 aromatic heterocycles. The van der Waals surface area contributed by atoms with Crippen LogP contribution in [0.25, 0.3) is 11.3 Å². The van der Waals surface area contributed by atoms with E-state index in [-0.39, 0.29) is 11.8 Å². The smallest absolute Gasteiger partial charge is 0.273 e. The Morgan fingerprint density at radius 2 is 1.94 bits per heavy atom. The summed E-state index contributed by atoms with van der Waals surface area (Å²) in [6.45, 7) is 10.4. The first kappa shape index (κ1) is 21.6. The molecule has 2 N–H and O–H groups in total. The average Bonchev–Trinajstić information content (AvgIpc) is 3.30. The Morgan fingerprint density at radius 3 is 2.59 bits per heavy atom. The maximum Gasteiger partial charge on any atom is 0.273 e. The number of aromatic amines is 1. The Hall–Kier alpha value is -3.62. The third kappa shape index (κ3) is 3.86. The van der Waals surface area contributed by atoms with Gasteiger partial charge in [0.1, 0.15) is 18.1 Å². The molecule has 9 heteroatoms. The van der Waals surface area contributed by atoms with Gasteiger partial charge in [-0.2, -0.15) is 10.2 Å². The summed E-state index contributed by atoms with van der Waals surface area (Å²) in [5.41, 5.74) is 4.42. The number of ether oxygens (including phenoxy) is 1. The molecular formula is C23H28N6O3. The van der Waals surface area contributed by atoms with E-state index in [4.69, 9.17) is 4.74 Å². The van der Waals surface area contributed by atoms with E-state index < -0.39 is 5.41 Å². The molecule has 0 radical (unpaired) electrons. The molecule has 168 valence electrons. The molecule has 1 aliphatic rings. The summed E-state index contributed by atoms with van der Waals surface area (Å²) in [5, 5.41) is 14.4. The lowest BCUT2D eigenvalue weighted by Crippen LogP contribution is -2.44. The molecule has 0 atom stereocenters. The molecule has 3 heterocycles. The van der Waals surface area contributed by atoms with Crippen molar-refractivity contribution in [3.63, 3.8) is 0 Å². The molecule has 0 saturated heterocycles.